The molecule has 0 amide bonds. The number of pyridine rings is 1. The summed E-state index contributed by atoms with van der Waals surface area (Å²) in [5, 5.41) is -1.32. The molecule has 0 fully saturated rings. The van der Waals surface area contributed by atoms with Gasteiger partial charge in [-0.1, -0.05) is 11.6 Å². The molecule has 0 aliphatic rings. The topological polar surface area (TPSA) is 56.0 Å². The zero-order valence-electron chi connectivity index (χ0n) is 6.60. The van der Waals surface area contributed by atoms with Gasteiger partial charge in [-0.3, -0.25) is 4.79 Å². The first-order chi connectivity index (χ1) is 6.43. The van der Waals surface area contributed by atoms with E-state index in [4.69, 9.17) is 28.9 Å². The SMILES string of the molecule is Nc1c(C(F)F)cc(C(=O)Cl)nc1Cl. The predicted molar refractivity (Wildman–Crippen MR) is 48.8 cm³/mol. The third-order valence-electron chi connectivity index (χ3n) is 1.48. The molecule has 0 atom stereocenters. The van der Waals surface area contributed by atoms with Crippen molar-refractivity contribution in [2.45, 2.75) is 6.43 Å². The first-order valence-electron chi connectivity index (χ1n) is 3.37. The van der Waals surface area contributed by atoms with Crippen LogP contribution in [0.3, 0.4) is 0 Å². The van der Waals surface area contributed by atoms with Gasteiger partial charge in [0, 0.05) is 5.56 Å². The van der Waals surface area contributed by atoms with E-state index in [1.165, 1.54) is 0 Å². The van der Waals surface area contributed by atoms with E-state index in [2.05, 4.69) is 4.98 Å². The van der Waals surface area contributed by atoms with Crippen LogP contribution in [0.15, 0.2) is 6.07 Å². The van der Waals surface area contributed by atoms with Crippen molar-refractivity contribution < 1.29 is 13.6 Å². The summed E-state index contributed by atoms with van der Waals surface area (Å²) in [4.78, 5) is 14.1. The number of nitrogens with zero attached hydrogens (tertiary/aromatic N) is 1. The first kappa shape index (κ1) is 11.1. The van der Waals surface area contributed by atoms with Crippen LogP contribution in [0.5, 0.6) is 0 Å². The molecule has 0 aromatic carbocycles. The van der Waals surface area contributed by atoms with Crippen molar-refractivity contribution in [3.63, 3.8) is 0 Å². The standard InChI is InChI=1S/C7H4Cl2F2N2O/c8-5-4(12)2(7(10)11)1-3(13-5)6(9)14/h1,7H,12H2. The van der Waals surface area contributed by atoms with Crippen LogP contribution in [0.1, 0.15) is 22.5 Å². The molecule has 14 heavy (non-hydrogen) atoms. The number of carbonyl (C=O) groups is 1. The minimum atomic E-state index is -2.83. The molecule has 0 spiro atoms. The number of nitrogen functional groups attached to an aromatic ring is 1. The maximum Gasteiger partial charge on any atom is 0.270 e. The Kier molecular flexibility index (Phi) is 3.23. The number of aromatic nitrogens is 1. The lowest BCUT2D eigenvalue weighted by Gasteiger charge is -2.06. The summed E-state index contributed by atoms with van der Waals surface area (Å²) in [6.07, 6.45) is -2.83. The van der Waals surface area contributed by atoms with E-state index < -0.39 is 17.2 Å². The molecule has 1 heterocycles. The summed E-state index contributed by atoms with van der Waals surface area (Å²) in [7, 11) is 0. The third-order valence-corrected chi connectivity index (χ3v) is 1.96. The number of anilines is 1. The molecule has 7 heteroatoms. The first-order valence-corrected chi connectivity index (χ1v) is 4.13. The molecule has 1 rings (SSSR count). The molecular weight excluding hydrogens is 237 g/mol. The van der Waals surface area contributed by atoms with Crippen molar-refractivity contribution in [3.8, 4) is 0 Å². The van der Waals surface area contributed by atoms with E-state index in [9.17, 15) is 13.6 Å². The third kappa shape index (κ3) is 2.10. The molecule has 3 nitrogen and oxygen atoms in total. The highest BCUT2D eigenvalue weighted by molar-refractivity contribution is 6.67. The molecule has 76 valence electrons. The second kappa shape index (κ2) is 4.06. The van der Waals surface area contributed by atoms with Crippen LogP contribution in [0.4, 0.5) is 14.5 Å². The Labute approximate surface area is 87.8 Å². The Hall–Kier alpha value is -0.940. The average Bonchev–Trinajstić information content (AvgIpc) is 2.08. The molecule has 0 saturated heterocycles. The lowest BCUT2D eigenvalue weighted by atomic mass is 10.2. The number of rotatable bonds is 2. The smallest absolute Gasteiger partial charge is 0.270 e. The highest BCUT2D eigenvalue weighted by Crippen LogP contribution is 2.30. The van der Waals surface area contributed by atoms with Crippen molar-refractivity contribution in [1.29, 1.82) is 0 Å². The second-order valence-electron chi connectivity index (χ2n) is 2.38. The minimum absolute atomic E-state index is 0.344. The van der Waals surface area contributed by atoms with Crippen molar-refractivity contribution in [1.82, 2.24) is 4.98 Å². The van der Waals surface area contributed by atoms with Gasteiger partial charge in [0.15, 0.2) is 5.15 Å². The Morgan fingerprint density at radius 2 is 2.14 bits per heavy atom. The molecule has 1 aromatic rings. The normalized spacial score (nSPS) is 10.6. The van der Waals surface area contributed by atoms with Gasteiger partial charge in [0.2, 0.25) is 0 Å². The van der Waals surface area contributed by atoms with Gasteiger partial charge in [0.05, 0.1) is 5.69 Å². The molecule has 0 aliphatic heterocycles. The van der Waals surface area contributed by atoms with E-state index in [1.807, 2.05) is 0 Å². The second-order valence-corrected chi connectivity index (χ2v) is 3.08. The highest BCUT2D eigenvalue weighted by Gasteiger charge is 2.18. The van der Waals surface area contributed by atoms with E-state index in [0.29, 0.717) is 0 Å². The van der Waals surface area contributed by atoms with Crippen molar-refractivity contribution >= 4 is 34.1 Å². The van der Waals surface area contributed by atoms with Crippen LogP contribution in [-0.2, 0) is 0 Å². The fourth-order valence-corrected chi connectivity index (χ4v) is 1.12. The number of halogens is 4. The van der Waals surface area contributed by atoms with Gasteiger partial charge in [0.25, 0.3) is 11.7 Å². The molecule has 2 N–H and O–H groups in total. The number of carbonyl (C=O) groups excluding carboxylic acids is 1. The van der Waals surface area contributed by atoms with E-state index in [1.54, 1.807) is 0 Å². The maximum absolute atomic E-state index is 12.3. The van der Waals surface area contributed by atoms with Gasteiger partial charge in [-0.05, 0) is 17.7 Å². The van der Waals surface area contributed by atoms with Crippen molar-refractivity contribution in [2.75, 3.05) is 5.73 Å². The number of alkyl halides is 2. The fourth-order valence-electron chi connectivity index (χ4n) is 0.824. The molecular formula is C7H4Cl2F2N2O. The molecule has 0 radical (unpaired) electrons. The number of hydrogen-bond acceptors (Lipinski definition) is 3. The fraction of sp³-hybridized carbons (Fsp3) is 0.143. The van der Waals surface area contributed by atoms with E-state index >= 15 is 0 Å². The molecule has 0 unspecified atom stereocenters. The minimum Gasteiger partial charge on any atom is -0.396 e. The lowest BCUT2D eigenvalue weighted by molar-refractivity contribution is 0.107. The summed E-state index contributed by atoms with van der Waals surface area (Å²) < 4.78 is 24.7. The van der Waals surface area contributed by atoms with Gasteiger partial charge < -0.3 is 5.73 Å². The van der Waals surface area contributed by atoms with Crippen LogP contribution >= 0.6 is 23.2 Å². The van der Waals surface area contributed by atoms with Gasteiger partial charge in [-0.15, -0.1) is 0 Å². The lowest BCUT2D eigenvalue weighted by Crippen LogP contribution is -2.03. The Morgan fingerprint density at radius 1 is 1.57 bits per heavy atom. The highest BCUT2D eigenvalue weighted by atomic mass is 35.5. The Balaban J connectivity index is 3.35. The van der Waals surface area contributed by atoms with Gasteiger partial charge in [-0.25, -0.2) is 13.8 Å². The summed E-state index contributed by atoms with van der Waals surface area (Å²) in [6.45, 7) is 0. The number of nitrogens with two attached hydrogens (primary N) is 1. The van der Waals surface area contributed by atoms with Crippen LogP contribution in [0.25, 0.3) is 0 Å². The van der Waals surface area contributed by atoms with Crippen molar-refractivity contribution in [2.24, 2.45) is 0 Å². The van der Waals surface area contributed by atoms with Gasteiger partial charge >= 0.3 is 0 Å². The average molecular weight is 241 g/mol. The van der Waals surface area contributed by atoms with E-state index in [-0.39, 0.29) is 16.5 Å². The molecule has 0 saturated carbocycles. The monoisotopic (exact) mass is 240 g/mol. The van der Waals surface area contributed by atoms with Crippen molar-refractivity contribution in [3.05, 3.63) is 22.5 Å². The summed E-state index contributed by atoms with van der Waals surface area (Å²) in [5.41, 5.74) is 3.99. The maximum atomic E-state index is 12.3. The summed E-state index contributed by atoms with van der Waals surface area (Å²) in [5.74, 6) is 0. The van der Waals surface area contributed by atoms with Gasteiger partial charge in [-0.2, -0.15) is 0 Å². The molecule has 1 aromatic heterocycles. The van der Waals surface area contributed by atoms with Crippen LogP contribution in [0, 0.1) is 0 Å². The quantitative estimate of drug-likeness (QED) is 0.639. The van der Waals surface area contributed by atoms with Crippen LogP contribution in [0.2, 0.25) is 5.15 Å². The predicted octanol–water partition coefficient (Wildman–Crippen LogP) is 2.63. The zero-order chi connectivity index (χ0) is 10.9. The van der Waals surface area contributed by atoms with Gasteiger partial charge in [0.1, 0.15) is 5.69 Å². The summed E-state index contributed by atoms with van der Waals surface area (Å²) in [6, 6.07) is 0.821. The number of hydrogen-bond donors (Lipinski definition) is 1. The molecule has 0 aliphatic carbocycles. The Morgan fingerprint density at radius 3 is 2.57 bits per heavy atom. The summed E-state index contributed by atoms with van der Waals surface area (Å²) >= 11 is 10.5. The van der Waals surface area contributed by atoms with E-state index in [0.717, 1.165) is 6.07 Å². The molecule has 0 bridgehead atoms. The van der Waals surface area contributed by atoms with Crippen LogP contribution in [-0.4, -0.2) is 10.2 Å². The zero-order valence-corrected chi connectivity index (χ0v) is 8.11. The Bertz CT molecular complexity index is 384. The largest absolute Gasteiger partial charge is 0.396 e. The van der Waals surface area contributed by atoms with Crippen LogP contribution < -0.4 is 5.73 Å².